The smallest absolute Gasteiger partial charge is 0.262 e. The maximum atomic E-state index is 13.5. The van der Waals surface area contributed by atoms with Crippen LogP contribution in [0.25, 0.3) is 10.9 Å². The number of carbonyl (C=O) groups is 1. The molecule has 1 aromatic heterocycles. The van der Waals surface area contributed by atoms with E-state index in [1.165, 1.54) is 5.56 Å². The van der Waals surface area contributed by atoms with Crippen molar-refractivity contribution in [1.82, 2.24) is 14.5 Å². The zero-order valence-corrected chi connectivity index (χ0v) is 24.5. The number of morpholine rings is 1. The van der Waals surface area contributed by atoms with E-state index in [0.29, 0.717) is 53.6 Å². The second kappa shape index (κ2) is 11.7. The minimum atomic E-state index is -0.133. The second-order valence-corrected chi connectivity index (χ2v) is 11.4. The molecule has 1 amide bonds. The van der Waals surface area contributed by atoms with Gasteiger partial charge >= 0.3 is 0 Å². The number of piperazine rings is 1. The lowest BCUT2D eigenvalue weighted by atomic mass is 10.1. The summed E-state index contributed by atoms with van der Waals surface area (Å²) in [5.41, 5.74) is 5.41. The van der Waals surface area contributed by atoms with Crippen LogP contribution in [0.1, 0.15) is 21.5 Å². The number of rotatable bonds is 5. The van der Waals surface area contributed by atoms with Crippen LogP contribution in [0.5, 0.6) is 0 Å². The number of hydrogen-bond acceptors (Lipinski definition) is 6. The van der Waals surface area contributed by atoms with Crippen molar-refractivity contribution in [2.75, 3.05) is 62.3 Å². The van der Waals surface area contributed by atoms with Gasteiger partial charge in [-0.25, -0.2) is 0 Å². The predicted octanol–water partition coefficient (Wildman–Crippen LogP) is 4.87. The van der Waals surface area contributed by atoms with Gasteiger partial charge < -0.3 is 24.4 Å². The Balaban J connectivity index is 1.15. The number of benzene rings is 3. The summed E-state index contributed by atoms with van der Waals surface area (Å²) in [4.78, 5) is 36.4. The summed E-state index contributed by atoms with van der Waals surface area (Å²) < 4.78 is 7.41. The number of anilines is 2. The second-order valence-electron chi connectivity index (χ2n) is 10.6. The predicted molar refractivity (Wildman–Crippen MR) is 166 cm³/mol. The fourth-order valence-electron chi connectivity index (χ4n) is 5.59. The van der Waals surface area contributed by atoms with E-state index >= 15 is 0 Å². The van der Waals surface area contributed by atoms with Gasteiger partial charge in [0, 0.05) is 61.2 Å². The van der Waals surface area contributed by atoms with Crippen LogP contribution in [0.3, 0.4) is 0 Å². The van der Waals surface area contributed by atoms with Crippen LogP contribution in [0.15, 0.2) is 65.5 Å². The number of halogens is 1. The Morgan fingerprint density at radius 3 is 2.39 bits per heavy atom. The largest absolute Gasteiger partial charge is 0.378 e. The van der Waals surface area contributed by atoms with E-state index < -0.39 is 0 Å². The van der Waals surface area contributed by atoms with Crippen LogP contribution in [0.4, 0.5) is 11.4 Å². The molecule has 0 atom stereocenters. The molecule has 2 aliphatic rings. The molecule has 8 nitrogen and oxygen atoms in total. The highest BCUT2D eigenvalue weighted by atomic mass is 35.5. The van der Waals surface area contributed by atoms with Gasteiger partial charge in [-0.3, -0.25) is 14.2 Å². The topological polar surface area (TPSA) is 73.8 Å². The number of nitrogens with zero attached hydrogens (tertiary/aromatic N) is 4. The Hall–Kier alpha value is -3.66. The number of nitrogens with one attached hydrogen (secondary N) is 1. The quantitative estimate of drug-likeness (QED) is 0.335. The highest BCUT2D eigenvalue weighted by Gasteiger charge is 2.23. The van der Waals surface area contributed by atoms with Crippen molar-refractivity contribution in [2.45, 2.75) is 13.5 Å². The van der Waals surface area contributed by atoms with Crippen LogP contribution in [-0.2, 0) is 11.3 Å². The fraction of sp³-hybridized carbons (Fsp3) is 0.323. The number of carbonyl (C=O) groups excluding carboxylic acids is 1. The number of ether oxygens (including phenoxy) is 1. The SMILES string of the molecule is Cc1ccc(Cl)cc1N1CCN(C(=O)c2ccc(Cn3c(=S)[nH]c4ccc(N5CCOCC5)cc4c3=O)cc2)CC1. The first-order valence-corrected chi connectivity index (χ1v) is 14.6. The molecular weight excluding hydrogens is 558 g/mol. The summed E-state index contributed by atoms with van der Waals surface area (Å²) in [5, 5.41) is 1.32. The molecule has 10 heteroatoms. The van der Waals surface area contributed by atoms with Gasteiger partial charge in [-0.2, -0.15) is 0 Å². The molecule has 0 aliphatic carbocycles. The number of aromatic amines is 1. The number of fused-ring (bicyclic) bond motifs is 1. The summed E-state index contributed by atoms with van der Waals surface area (Å²) >= 11 is 11.8. The van der Waals surface area contributed by atoms with E-state index in [4.69, 9.17) is 28.6 Å². The molecule has 3 aromatic carbocycles. The minimum absolute atomic E-state index is 0.00909. The fourth-order valence-corrected chi connectivity index (χ4v) is 6.02. The van der Waals surface area contributed by atoms with Crippen LogP contribution < -0.4 is 15.4 Å². The summed E-state index contributed by atoms with van der Waals surface area (Å²) in [5.74, 6) is 0.00909. The molecule has 4 aromatic rings. The van der Waals surface area contributed by atoms with Gasteiger partial charge in [0.1, 0.15) is 0 Å². The molecule has 0 bridgehead atoms. The average Bonchev–Trinajstić information content (AvgIpc) is 3.01. The molecular formula is C31H32ClN5O3S. The lowest BCUT2D eigenvalue weighted by molar-refractivity contribution is 0.0746. The zero-order chi connectivity index (χ0) is 28.5. The van der Waals surface area contributed by atoms with Gasteiger partial charge in [-0.1, -0.05) is 29.8 Å². The van der Waals surface area contributed by atoms with Gasteiger partial charge in [-0.15, -0.1) is 0 Å². The first kappa shape index (κ1) is 27.5. The maximum Gasteiger partial charge on any atom is 0.262 e. The summed E-state index contributed by atoms with van der Waals surface area (Å²) in [6, 6.07) is 19.2. The van der Waals surface area contributed by atoms with E-state index in [1.54, 1.807) is 4.57 Å². The highest BCUT2D eigenvalue weighted by Crippen LogP contribution is 2.26. The lowest BCUT2D eigenvalue weighted by Gasteiger charge is -2.37. The molecule has 2 fully saturated rings. The van der Waals surface area contributed by atoms with Gasteiger partial charge in [0.25, 0.3) is 11.5 Å². The molecule has 0 spiro atoms. The number of aryl methyl sites for hydroxylation is 1. The summed E-state index contributed by atoms with van der Waals surface area (Å²) in [6.45, 7) is 8.12. The minimum Gasteiger partial charge on any atom is -0.378 e. The molecule has 0 unspecified atom stereocenters. The molecule has 2 aliphatic heterocycles. The van der Waals surface area contributed by atoms with Gasteiger partial charge in [0.05, 0.1) is 30.7 Å². The van der Waals surface area contributed by atoms with Crippen LogP contribution >= 0.6 is 23.8 Å². The molecule has 1 N–H and O–H groups in total. The van der Waals surface area contributed by atoms with Crippen molar-refractivity contribution in [3.8, 4) is 0 Å². The van der Waals surface area contributed by atoms with Crippen molar-refractivity contribution >= 4 is 52.0 Å². The van der Waals surface area contributed by atoms with Crippen LogP contribution in [0, 0.1) is 11.7 Å². The Labute approximate surface area is 248 Å². The third kappa shape index (κ3) is 5.75. The molecule has 2 saturated heterocycles. The monoisotopic (exact) mass is 589 g/mol. The molecule has 3 heterocycles. The molecule has 41 heavy (non-hydrogen) atoms. The van der Waals surface area contributed by atoms with Crippen molar-refractivity contribution in [3.05, 3.63) is 97.5 Å². The Morgan fingerprint density at radius 1 is 0.927 bits per heavy atom. The van der Waals surface area contributed by atoms with Gasteiger partial charge in [0.2, 0.25) is 0 Å². The lowest BCUT2D eigenvalue weighted by Crippen LogP contribution is -2.49. The molecule has 212 valence electrons. The Morgan fingerprint density at radius 2 is 1.66 bits per heavy atom. The average molecular weight is 590 g/mol. The van der Waals surface area contributed by atoms with E-state index in [9.17, 15) is 9.59 Å². The zero-order valence-electron chi connectivity index (χ0n) is 22.9. The number of hydrogen-bond donors (Lipinski definition) is 1. The standard InChI is InChI=1S/C31H32ClN5O3S/c1-21-2-7-24(32)18-28(21)35-10-12-36(13-11-35)29(38)23-5-3-22(4-6-23)20-37-30(39)26-19-25(34-14-16-40-17-15-34)8-9-27(26)33-31(37)41/h2-9,18-19H,10-17,20H2,1H3,(H,33,41). The van der Waals surface area contributed by atoms with Gasteiger partial charge in [0.15, 0.2) is 4.77 Å². The third-order valence-corrected chi connectivity index (χ3v) is 8.52. The third-order valence-electron chi connectivity index (χ3n) is 7.96. The summed E-state index contributed by atoms with van der Waals surface area (Å²) in [7, 11) is 0. The maximum absolute atomic E-state index is 13.5. The number of amides is 1. The van der Waals surface area contributed by atoms with E-state index in [-0.39, 0.29) is 11.5 Å². The molecule has 6 rings (SSSR count). The van der Waals surface area contributed by atoms with E-state index in [1.807, 2.05) is 65.6 Å². The first-order valence-electron chi connectivity index (χ1n) is 13.9. The van der Waals surface area contributed by atoms with Gasteiger partial charge in [-0.05, 0) is 72.7 Å². The van der Waals surface area contributed by atoms with Crippen LogP contribution in [0.2, 0.25) is 5.02 Å². The highest BCUT2D eigenvalue weighted by molar-refractivity contribution is 7.71. The normalized spacial score (nSPS) is 15.9. The van der Waals surface area contributed by atoms with E-state index in [2.05, 4.69) is 21.7 Å². The first-order chi connectivity index (χ1) is 19.9. The van der Waals surface area contributed by atoms with Crippen LogP contribution in [-0.4, -0.2) is 72.8 Å². The van der Waals surface area contributed by atoms with Crippen molar-refractivity contribution < 1.29 is 9.53 Å². The Bertz CT molecular complexity index is 1700. The van der Waals surface area contributed by atoms with Crippen molar-refractivity contribution in [3.63, 3.8) is 0 Å². The number of H-pyrrole nitrogens is 1. The molecule has 0 radical (unpaired) electrons. The molecule has 0 saturated carbocycles. The van der Waals surface area contributed by atoms with Crippen molar-refractivity contribution in [1.29, 1.82) is 0 Å². The van der Waals surface area contributed by atoms with E-state index in [0.717, 1.165) is 48.6 Å². The summed E-state index contributed by atoms with van der Waals surface area (Å²) in [6.07, 6.45) is 0. The Kier molecular flexibility index (Phi) is 7.84. The number of aromatic nitrogens is 2. The van der Waals surface area contributed by atoms with Crippen molar-refractivity contribution in [2.24, 2.45) is 0 Å².